The Kier molecular flexibility index (Phi) is 13.0. The van der Waals surface area contributed by atoms with Crippen molar-refractivity contribution in [2.75, 3.05) is 56.4 Å². The SMILES string of the molecule is Cc1ccccc1C(=O)N1CCc2cc(-c3nc(NC(=O)Cc4cccc(OCCOCCOCCOc5ccc6c(c5)C(=O)N(C5CCC(=O)NC5=O)C6=O)c4)sc3C)ccc21. The topological polar surface area (TPSA) is 183 Å². The molecule has 4 aromatic carbocycles. The van der Waals surface area contributed by atoms with Gasteiger partial charge in [-0.3, -0.25) is 39.0 Å². The van der Waals surface area contributed by atoms with Crippen molar-refractivity contribution in [2.45, 2.75) is 45.6 Å². The lowest BCUT2D eigenvalue weighted by molar-refractivity contribution is -0.136. The number of aryl methyl sites for hydroxylation is 2. The fourth-order valence-corrected chi connectivity index (χ4v) is 8.68. The highest BCUT2D eigenvalue weighted by atomic mass is 32.1. The summed E-state index contributed by atoms with van der Waals surface area (Å²) in [6.07, 6.45) is 1.03. The van der Waals surface area contributed by atoms with Crippen molar-refractivity contribution in [2.24, 2.45) is 0 Å². The summed E-state index contributed by atoms with van der Waals surface area (Å²) in [5, 5.41) is 5.65. The Morgan fingerprint density at radius 1 is 0.794 bits per heavy atom. The molecule has 1 saturated heterocycles. The number of piperidine rings is 1. The fourth-order valence-electron chi connectivity index (χ4n) is 7.83. The molecule has 15 nitrogen and oxygen atoms in total. The third-order valence-corrected chi connectivity index (χ3v) is 11.8. The summed E-state index contributed by atoms with van der Waals surface area (Å²) >= 11 is 1.42. The molecule has 0 spiro atoms. The number of rotatable bonds is 17. The Hall–Kier alpha value is -6.75. The van der Waals surface area contributed by atoms with E-state index < -0.39 is 29.7 Å². The number of carbonyl (C=O) groups excluding carboxylic acids is 6. The zero-order valence-corrected chi connectivity index (χ0v) is 35.6. The molecule has 6 amide bonds. The molecule has 3 aliphatic rings. The summed E-state index contributed by atoms with van der Waals surface area (Å²) in [5.41, 5.74) is 6.51. The van der Waals surface area contributed by atoms with E-state index in [0.717, 1.165) is 49.8 Å². The molecule has 1 atom stereocenters. The van der Waals surface area contributed by atoms with Gasteiger partial charge in [-0.2, -0.15) is 0 Å². The van der Waals surface area contributed by atoms with Crippen LogP contribution in [0.15, 0.2) is 84.9 Å². The number of imide groups is 2. The van der Waals surface area contributed by atoms with Gasteiger partial charge in [0.25, 0.3) is 17.7 Å². The second-order valence-electron chi connectivity index (χ2n) is 15.2. The Bertz CT molecular complexity index is 2610. The first kappa shape index (κ1) is 42.9. The summed E-state index contributed by atoms with van der Waals surface area (Å²) in [4.78, 5) is 84.6. The van der Waals surface area contributed by atoms with Gasteiger partial charge in [0, 0.05) is 34.7 Å². The van der Waals surface area contributed by atoms with E-state index in [2.05, 4.69) is 16.7 Å². The zero-order valence-electron chi connectivity index (χ0n) is 34.8. The lowest BCUT2D eigenvalue weighted by atomic mass is 10.0. The number of amides is 6. The summed E-state index contributed by atoms with van der Waals surface area (Å²) in [7, 11) is 0. The number of ether oxygens (including phenoxy) is 4. The first-order chi connectivity index (χ1) is 30.5. The molecule has 4 heterocycles. The van der Waals surface area contributed by atoms with Crippen LogP contribution in [0.2, 0.25) is 0 Å². The van der Waals surface area contributed by atoms with Crippen LogP contribution in [-0.4, -0.2) is 97.6 Å². The third kappa shape index (κ3) is 9.68. The van der Waals surface area contributed by atoms with E-state index in [4.69, 9.17) is 23.9 Å². The minimum Gasteiger partial charge on any atom is -0.491 e. The van der Waals surface area contributed by atoms with Gasteiger partial charge in [-0.15, -0.1) is 11.3 Å². The number of nitrogens with one attached hydrogen (secondary N) is 2. The van der Waals surface area contributed by atoms with Crippen LogP contribution in [-0.2, 0) is 36.7 Å². The molecule has 0 aliphatic carbocycles. The molecule has 1 unspecified atom stereocenters. The zero-order chi connectivity index (χ0) is 44.0. The molecule has 16 heteroatoms. The molecule has 1 fully saturated rings. The van der Waals surface area contributed by atoms with Crippen LogP contribution in [0.1, 0.15) is 65.5 Å². The molecule has 63 heavy (non-hydrogen) atoms. The van der Waals surface area contributed by atoms with E-state index in [0.29, 0.717) is 55.2 Å². The molecule has 8 rings (SSSR count). The minimum atomic E-state index is -1.03. The number of carbonyl (C=O) groups is 6. The second kappa shape index (κ2) is 19.1. The predicted molar refractivity (Wildman–Crippen MR) is 233 cm³/mol. The van der Waals surface area contributed by atoms with E-state index in [9.17, 15) is 28.8 Å². The summed E-state index contributed by atoms with van der Waals surface area (Å²) < 4.78 is 22.8. The van der Waals surface area contributed by atoms with Crippen LogP contribution in [0.4, 0.5) is 10.8 Å². The summed E-state index contributed by atoms with van der Waals surface area (Å²) in [5.74, 6) is -1.48. The number of hydrogen-bond acceptors (Lipinski definition) is 12. The van der Waals surface area contributed by atoms with Crippen LogP contribution in [0.25, 0.3) is 11.3 Å². The molecule has 2 N–H and O–H groups in total. The van der Waals surface area contributed by atoms with Crippen LogP contribution in [0.3, 0.4) is 0 Å². The van der Waals surface area contributed by atoms with Crippen LogP contribution < -0.4 is 25.0 Å². The van der Waals surface area contributed by atoms with E-state index in [1.807, 2.05) is 79.4 Å². The van der Waals surface area contributed by atoms with Crippen molar-refractivity contribution < 1.29 is 47.7 Å². The highest BCUT2D eigenvalue weighted by molar-refractivity contribution is 7.16. The normalized spacial score (nSPS) is 15.6. The summed E-state index contributed by atoms with van der Waals surface area (Å²) in [6.45, 7) is 6.25. The van der Waals surface area contributed by atoms with Gasteiger partial charge >= 0.3 is 0 Å². The number of anilines is 2. The molecular weight excluding hydrogens is 827 g/mol. The van der Waals surface area contributed by atoms with Crippen molar-refractivity contribution in [3.05, 3.63) is 123 Å². The van der Waals surface area contributed by atoms with Gasteiger partial charge in [-0.1, -0.05) is 36.4 Å². The maximum Gasteiger partial charge on any atom is 0.262 e. The van der Waals surface area contributed by atoms with Gasteiger partial charge in [0.05, 0.1) is 49.7 Å². The molecule has 0 radical (unpaired) electrons. The number of fused-ring (bicyclic) bond motifs is 2. The van der Waals surface area contributed by atoms with E-state index in [-0.39, 0.29) is 55.4 Å². The Balaban J connectivity index is 0.721. The molecule has 0 saturated carbocycles. The van der Waals surface area contributed by atoms with Gasteiger partial charge in [-0.25, -0.2) is 4.98 Å². The predicted octanol–water partition coefficient (Wildman–Crippen LogP) is 5.70. The van der Waals surface area contributed by atoms with Crippen molar-refractivity contribution in [3.8, 4) is 22.8 Å². The van der Waals surface area contributed by atoms with E-state index >= 15 is 0 Å². The molecule has 5 aromatic rings. The van der Waals surface area contributed by atoms with Crippen LogP contribution in [0, 0.1) is 13.8 Å². The Labute approximate surface area is 367 Å². The lowest BCUT2D eigenvalue weighted by Crippen LogP contribution is -2.54. The Morgan fingerprint density at radius 3 is 2.29 bits per heavy atom. The second-order valence-corrected chi connectivity index (χ2v) is 16.4. The van der Waals surface area contributed by atoms with Crippen molar-refractivity contribution in [3.63, 3.8) is 0 Å². The molecule has 1 aromatic heterocycles. The smallest absolute Gasteiger partial charge is 0.262 e. The molecular formula is C47H45N5O10S. The molecule has 324 valence electrons. The van der Waals surface area contributed by atoms with Gasteiger partial charge < -0.3 is 29.2 Å². The first-order valence-electron chi connectivity index (χ1n) is 20.7. The molecule has 0 bridgehead atoms. The van der Waals surface area contributed by atoms with Crippen molar-refractivity contribution >= 4 is 57.6 Å². The van der Waals surface area contributed by atoms with Crippen LogP contribution in [0.5, 0.6) is 11.5 Å². The average Bonchev–Trinajstić information content (AvgIpc) is 3.93. The minimum absolute atomic E-state index is 0.00215. The number of hydrogen-bond donors (Lipinski definition) is 2. The number of benzene rings is 4. The fraction of sp³-hybridized carbons (Fsp3) is 0.298. The van der Waals surface area contributed by atoms with Gasteiger partial charge in [-0.05, 0) is 91.9 Å². The maximum absolute atomic E-state index is 13.3. The Morgan fingerprint density at radius 2 is 1.52 bits per heavy atom. The quantitative estimate of drug-likeness (QED) is 0.0864. The number of nitrogens with zero attached hydrogens (tertiary/aromatic N) is 3. The van der Waals surface area contributed by atoms with Gasteiger partial charge in [0.15, 0.2) is 5.13 Å². The highest BCUT2D eigenvalue weighted by Crippen LogP contribution is 2.37. The third-order valence-electron chi connectivity index (χ3n) is 11.0. The molecule has 3 aliphatic heterocycles. The lowest BCUT2D eigenvalue weighted by Gasteiger charge is -2.27. The first-order valence-corrected chi connectivity index (χ1v) is 21.5. The van der Waals surface area contributed by atoms with E-state index in [1.165, 1.54) is 23.5 Å². The van der Waals surface area contributed by atoms with Gasteiger partial charge in [0.2, 0.25) is 17.7 Å². The maximum atomic E-state index is 13.3. The number of aromatic nitrogens is 1. The van der Waals surface area contributed by atoms with Crippen molar-refractivity contribution in [1.29, 1.82) is 0 Å². The standard InChI is InChI=1S/C47H45N5O10S/c1-28-6-3-4-9-35(28)44(56)51-17-16-31-26-32(10-13-38(31)51)42-29(2)63-47(50-42)49-41(54)25-30-7-5-8-33(24-30)61-22-20-59-18-19-60-21-23-62-34-11-12-36-37(27-34)46(58)52(45(36)57)39-14-15-40(53)48-43(39)55/h3-13,24,26-27,39H,14-23,25H2,1-2H3,(H,48,53,55)(H,49,50,54). The number of thiazole rings is 1. The highest BCUT2D eigenvalue weighted by Gasteiger charge is 2.44. The largest absolute Gasteiger partial charge is 0.491 e. The van der Waals surface area contributed by atoms with Crippen LogP contribution >= 0.6 is 11.3 Å². The average molecular weight is 872 g/mol. The monoisotopic (exact) mass is 871 g/mol. The van der Waals surface area contributed by atoms with E-state index in [1.54, 1.807) is 6.07 Å². The summed E-state index contributed by atoms with van der Waals surface area (Å²) in [6, 6.07) is 24.5. The van der Waals surface area contributed by atoms with Gasteiger partial charge in [0.1, 0.15) is 30.8 Å². The van der Waals surface area contributed by atoms with Crippen molar-refractivity contribution in [1.82, 2.24) is 15.2 Å².